The number of aromatic carboxylic acids is 1. The third-order valence-electron chi connectivity index (χ3n) is 6.34. The number of hydrogen-bond donors (Lipinski definition) is 2. The SMILES string of the molecule is CCCCCCCCCCNC(C)(C)c1noc(C)n1.COCCOc1nc(C(=O)O)ccc1C1CC1. The van der Waals surface area contributed by atoms with Crippen molar-refractivity contribution in [1.29, 1.82) is 0 Å². The Labute approximate surface area is 221 Å². The summed E-state index contributed by atoms with van der Waals surface area (Å²) in [5.41, 5.74) is 0.812. The molecule has 208 valence electrons. The van der Waals surface area contributed by atoms with Gasteiger partial charge < -0.3 is 24.4 Å². The smallest absolute Gasteiger partial charge is 0.354 e. The predicted molar refractivity (Wildman–Crippen MR) is 143 cm³/mol. The number of hydrogen-bond acceptors (Lipinski definition) is 8. The summed E-state index contributed by atoms with van der Waals surface area (Å²) in [6.45, 7) is 10.1. The second-order valence-electron chi connectivity index (χ2n) is 10.2. The van der Waals surface area contributed by atoms with Crippen LogP contribution in [0.1, 0.15) is 119 Å². The largest absolute Gasteiger partial charge is 0.477 e. The fraction of sp³-hybridized carbons (Fsp3) is 0.714. The number of carbonyl (C=O) groups is 1. The lowest BCUT2D eigenvalue weighted by Crippen LogP contribution is -2.38. The Morgan fingerprint density at radius 1 is 1.08 bits per heavy atom. The van der Waals surface area contributed by atoms with E-state index in [-0.39, 0.29) is 11.2 Å². The van der Waals surface area contributed by atoms with Gasteiger partial charge in [-0.15, -0.1) is 0 Å². The molecule has 0 saturated heterocycles. The van der Waals surface area contributed by atoms with Crippen LogP contribution >= 0.6 is 0 Å². The monoisotopic (exact) mass is 518 g/mol. The quantitative estimate of drug-likeness (QED) is 0.242. The highest BCUT2D eigenvalue weighted by atomic mass is 16.5. The van der Waals surface area contributed by atoms with Crippen LogP contribution in [0, 0.1) is 6.92 Å². The Bertz CT molecular complexity index is 927. The molecule has 0 bridgehead atoms. The highest BCUT2D eigenvalue weighted by Crippen LogP contribution is 2.43. The lowest BCUT2D eigenvalue weighted by Gasteiger charge is -2.22. The molecule has 1 fully saturated rings. The van der Waals surface area contributed by atoms with E-state index in [9.17, 15) is 4.79 Å². The van der Waals surface area contributed by atoms with Crippen molar-refractivity contribution in [3.8, 4) is 5.88 Å². The van der Waals surface area contributed by atoms with Crippen molar-refractivity contribution in [2.75, 3.05) is 26.9 Å². The van der Waals surface area contributed by atoms with Crippen molar-refractivity contribution in [1.82, 2.24) is 20.4 Å². The Morgan fingerprint density at radius 2 is 1.76 bits per heavy atom. The molecule has 1 aliphatic carbocycles. The molecule has 0 aromatic carbocycles. The van der Waals surface area contributed by atoms with Gasteiger partial charge in [0, 0.05) is 19.6 Å². The summed E-state index contributed by atoms with van der Waals surface area (Å²) < 4.78 is 15.4. The van der Waals surface area contributed by atoms with E-state index >= 15 is 0 Å². The zero-order valence-electron chi connectivity index (χ0n) is 23.3. The summed E-state index contributed by atoms with van der Waals surface area (Å²) in [5.74, 6) is 1.24. The number of nitrogens with zero attached hydrogens (tertiary/aromatic N) is 3. The van der Waals surface area contributed by atoms with Gasteiger partial charge in [-0.2, -0.15) is 4.98 Å². The van der Waals surface area contributed by atoms with Gasteiger partial charge >= 0.3 is 5.97 Å². The molecule has 0 unspecified atom stereocenters. The molecule has 0 spiro atoms. The van der Waals surface area contributed by atoms with Crippen molar-refractivity contribution < 1.29 is 23.9 Å². The molecule has 1 aliphatic rings. The summed E-state index contributed by atoms with van der Waals surface area (Å²) >= 11 is 0. The Balaban J connectivity index is 0.000000263. The number of ether oxygens (including phenoxy) is 2. The minimum absolute atomic E-state index is 0.0156. The first-order chi connectivity index (χ1) is 17.8. The maximum absolute atomic E-state index is 10.8. The van der Waals surface area contributed by atoms with Crippen LogP contribution in [0.3, 0.4) is 0 Å². The van der Waals surface area contributed by atoms with Crippen molar-refractivity contribution in [2.45, 2.75) is 103 Å². The summed E-state index contributed by atoms with van der Waals surface area (Å²) in [4.78, 5) is 19.2. The Morgan fingerprint density at radius 3 is 2.32 bits per heavy atom. The van der Waals surface area contributed by atoms with Crippen molar-refractivity contribution in [2.24, 2.45) is 0 Å². The van der Waals surface area contributed by atoms with E-state index in [4.69, 9.17) is 19.1 Å². The van der Waals surface area contributed by atoms with Crippen LogP contribution in [0.2, 0.25) is 0 Å². The van der Waals surface area contributed by atoms with Crippen LogP contribution in [0.25, 0.3) is 0 Å². The second kappa shape index (κ2) is 16.3. The lowest BCUT2D eigenvalue weighted by atomic mass is 10.0. The molecule has 9 heteroatoms. The molecular formula is C28H46N4O5. The van der Waals surface area contributed by atoms with Gasteiger partial charge in [0.1, 0.15) is 6.61 Å². The molecule has 0 amide bonds. The average Bonchev–Trinajstić information content (AvgIpc) is 3.62. The van der Waals surface area contributed by atoms with Crippen LogP contribution in [0.4, 0.5) is 0 Å². The number of rotatable bonds is 17. The van der Waals surface area contributed by atoms with E-state index in [1.807, 2.05) is 6.92 Å². The number of aryl methyl sites for hydroxylation is 1. The minimum atomic E-state index is -1.04. The molecular weight excluding hydrogens is 472 g/mol. The summed E-state index contributed by atoms with van der Waals surface area (Å²) in [6, 6.07) is 3.33. The highest BCUT2D eigenvalue weighted by molar-refractivity contribution is 5.85. The summed E-state index contributed by atoms with van der Waals surface area (Å²) in [6.07, 6.45) is 13.0. The summed E-state index contributed by atoms with van der Waals surface area (Å²) in [7, 11) is 1.59. The van der Waals surface area contributed by atoms with Crippen molar-refractivity contribution in [3.05, 3.63) is 35.1 Å². The molecule has 2 aromatic rings. The molecule has 0 radical (unpaired) electrons. The van der Waals surface area contributed by atoms with E-state index in [1.54, 1.807) is 13.2 Å². The van der Waals surface area contributed by atoms with Crippen LogP contribution in [-0.4, -0.2) is 53.1 Å². The van der Waals surface area contributed by atoms with Crippen molar-refractivity contribution >= 4 is 5.97 Å². The Kier molecular flexibility index (Phi) is 13.6. The fourth-order valence-electron chi connectivity index (χ4n) is 3.90. The topological polar surface area (TPSA) is 120 Å². The van der Waals surface area contributed by atoms with Gasteiger partial charge in [0.25, 0.3) is 0 Å². The first-order valence-corrected chi connectivity index (χ1v) is 13.7. The van der Waals surface area contributed by atoms with Crippen LogP contribution in [0.5, 0.6) is 5.88 Å². The zero-order chi connectivity index (χ0) is 27.1. The van der Waals surface area contributed by atoms with Gasteiger partial charge in [0.2, 0.25) is 11.8 Å². The number of carboxylic acid groups (broad SMARTS) is 1. The van der Waals surface area contributed by atoms with E-state index in [0.29, 0.717) is 30.9 Å². The number of unbranched alkanes of at least 4 members (excludes halogenated alkanes) is 7. The van der Waals surface area contributed by atoms with E-state index in [1.165, 1.54) is 57.4 Å². The average molecular weight is 519 g/mol. The third-order valence-corrected chi connectivity index (χ3v) is 6.34. The first-order valence-electron chi connectivity index (χ1n) is 13.7. The zero-order valence-corrected chi connectivity index (χ0v) is 23.3. The molecule has 1 saturated carbocycles. The standard InChI is InChI=1S/C16H31N3O.C12H15NO4/c1-5-6-7-8-9-10-11-12-13-17-16(3,4)15-18-14(2)20-19-15;1-16-6-7-17-11-9(8-2-3-8)4-5-10(13-11)12(14)15/h17H,5-13H2,1-4H3;4-5,8H,2-3,6-7H2,1H3,(H,14,15). The van der Waals surface area contributed by atoms with Crippen molar-refractivity contribution in [3.63, 3.8) is 0 Å². The normalized spacial score (nSPS) is 13.2. The number of carboxylic acids is 1. The first kappa shape index (κ1) is 30.7. The van der Waals surface area contributed by atoms with Gasteiger partial charge in [-0.1, -0.05) is 63.1 Å². The Hall–Kier alpha value is -2.52. The predicted octanol–water partition coefficient (Wildman–Crippen LogP) is 6.03. The van der Waals surface area contributed by atoms with Crippen LogP contribution in [-0.2, 0) is 10.3 Å². The lowest BCUT2D eigenvalue weighted by molar-refractivity contribution is 0.0688. The maximum atomic E-state index is 10.8. The molecule has 9 nitrogen and oxygen atoms in total. The van der Waals surface area contributed by atoms with E-state index < -0.39 is 5.97 Å². The number of nitrogens with one attached hydrogen (secondary N) is 1. The number of methoxy groups -OCH3 is 1. The molecule has 37 heavy (non-hydrogen) atoms. The van der Waals surface area contributed by atoms with Gasteiger partial charge in [-0.25, -0.2) is 9.78 Å². The maximum Gasteiger partial charge on any atom is 0.354 e. The second-order valence-corrected chi connectivity index (χ2v) is 10.2. The molecule has 0 atom stereocenters. The number of pyridine rings is 1. The van der Waals surface area contributed by atoms with Crippen LogP contribution < -0.4 is 10.1 Å². The molecule has 0 aliphatic heterocycles. The highest BCUT2D eigenvalue weighted by Gasteiger charge is 2.28. The van der Waals surface area contributed by atoms with E-state index in [2.05, 4.69) is 41.2 Å². The molecule has 2 N–H and O–H groups in total. The fourth-order valence-corrected chi connectivity index (χ4v) is 3.90. The van der Waals surface area contributed by atoms with Gasteiger partial charge in [-0.3, -0.25) is 0 Å². The van der Waals surface area contributed by atoms with Gasteiger partial charge in [0.15, 0.2) is 11.5 Å². The minimum Gasteiger partial charge on any atom is -0.477 e. The third kappa shape index (κ3) is 11.6. The number of aromatic nitrogens is 3. The van der Waals surface area contributed by atoms with Crippen LogP contribution in [0.15, 0.2) is 16.7 Å². The van der Waals surface area contributed by atoms with Gasteiger partial charge in [0.05, 0.1) is 12.1 Å². The summed E-state index contributed by atoms with van der Waals surface area (Å²) in [5, 5.41) is 16.4. The van der Waals surface area contributed by atoms with Gasteiger partial charge in [-0.05, 0) is 51.6 Å². The molecule has 3 rings (SSSR count). The molecule has 2 heterocycles. The van der Waals surface area contributed by atoms with E-state index in [0.717, 1.165) is 30.8 Å². The molecule has 2 aromatic heterocycles.